The van der Waals surface area contributed by atoms with Crippen molar-refractivity contribution in [3.05, 3.63) is 59.8 Å². The highest BCUT2D eigenvalue weighted by molar-refractivity contribution is 5.94. The Morgan fingerprint density at radius 1 is 1.15 bits per heavy atom. The molecule has 0 aliphatic heterocycles. The van der Waals surface area contributed by atoms with E-state index < -0.39 is 6.09 Å². The minimum absolute atomic E-state index is 0.0203. The van der Waals surface area contributed by atoms with E-state index in [1.54, 1.807) is 48.0 Å². The minimum Gasteiger partial charge on any atom is -0.483 e. The first-order valence-corrected chi connectivity index (χ1v) is 9.90. The summed E-state index contributed by atoms with van der Waals surface area (Å²) < 4.78 is 15.7. The van der Waals surface area contributed by atoms with Crippen LogP contribution in [-0.2, 0) is 11.2 Å². The van der Waals surface area contributed by atoms with Crippen LogP contribution in [0.15, 0.2) is 42.6 Å². The Labute approximate surface area is 192 Å². The summed E-state index contributed by atoms with van der Waals surface area (Å²) in [6, 6.07) is 9.89. The lowest BCUT2D eigenvalue weighted by Gasteiger charge is -2.19. The van der Waals surface area contributed by atoms with Crippen molar-refractivity contribution in [2.45, 2.75) is 13.3 Å². The summed E-state index contributed by atoms with van der Waals surface area (Å²) in [7, 11) is 0. The van der Waals surface area contributed by atoms with E-state index in [4.69, 9.17) is 21.4 Å². The molecular weight excluding hydrogens is 447 g/mol. The number of nitrogen functional groups attached to an aromatic ring is 2. The molecule has 0 bridgehead atoms. The van der Waals surface area contributed by atoms with Crippen molar-refractivity contribution in [3.8, 4) is 11.5 Å². The van der Waals surface area contributed by atoms with Gasteiger partial charge in [0.05, 0.1) is 5.52 Å². The van der Waals surface area contributed by atoms with Gasteiger partial charge in [0.2, 0.25) is 0 Å². The van der Waals surface area contributed by atoms with Gasteiger partial charge in [-0.1, -0.05) is 18.2 Å². The van der Waals surface area contributed by atoms with Crippen LogP contribution in [0.2, 0.25) is 0 Å². The summed E-state index contributed by atoms with van der Waals surface area (Å²) in [5.74, 6) is 0.0609. The van der Waals surface area contributed by atoms with E-state index in [1.807, 2.05) is 0 Å². The van der Waals surface area contributed by atoms with Gasteiger partial charge in [-0.25, -0.2) is 28.7 Å². The van der Waals surface area contributed by atoms with Crippen LogP contribution in [-0.4, -0.2) is 53.9 Å². The Bertz CT molecular complexity index is 1320. The average Bonchev–Trinajstić information content (AvgIpc) is 3.16. The summed E-state index contributed by atoms with van der Waals surface area (Å²) in [4.78, 5) is 33.9. The molecule has 0 saturated heterocycles. The van der Waals surface area contributed by atoms with Crippen molar-refractivity contribution < 1.29 is 24.2 Å². The second-order valence-electron chi connectivity index (χ2n) is 6.76. The highest BCUT2D eigenvalue weighted by atomic mass is 19.1. The predicted molar refractivity (Wildman–Crippen MR) is 122 cm³/mol. The first kappa shape index (κ1) is 23.8. The zero-order chi connectivity index (χ0) is 24.8. The highest BCUT2D eigenvalue weighted by Crippen LogP contribution is 2.31. The molecule has 6 N–H and O–H groups in total. The lowest BCUT2D eigenvalue weighted by atomic mass is 10.1. The minimum atomic E-state index is -1.22. The summed E-state index contributed by atoms with van der Waals surface area (Å²) in [6.07, 6.45) is 0.555. The van der Waals surface area contributed by atoms with E-state index in [1.165, 1.54) is 6.07 Å². The van der Waals surface area contributed by atoms with Crippen molar-refractivity contribution >= 4 is 35.4 Å². The topological polar surface area (TPSA) is 186 Å². The Morgan fingerprint density at radius 3 is 2.38 bits per heavy atom. The van der Waals surface area contributed by atoms with E-state index in [0.29, 0.717) is 22.6 Å². The van der Waals surface area contributed by atoms with Crippen LogP contribution in [0, 0.1) is 5.82 Å². The number of hydrogen-bond acceptors (Lipinski definition) is 8. The summed E-state index contributed by atoms with van der Waals surface area (Å²) in [5, 5.41) is 20.6. The van der Waals surface area contributed by atoms with Crippen molar-refractivity contribution in [2.75, 3.05) is 22.9 Å². The fourth-order valence-electron chi connectivity index (χ4n) is 3.34. The Balaban J connectivity index is 0.00000103. The van der Waals surface area contributed by atoms with Crippen LogP contribution < -0.4 is 16.4 Å². The molecule has 1 aromatic carbocycles. The highest BCUT2D eigenvalue weighted by Gasteiger charge is 2.24. The molecule has 4 aromatic rings. The van der Waals surface area contributed by atoms with Gasteiger partial charge in [0.15, 0.2) is 17.5 Å². The molecule has 34 heavy (non-hydrogen) atoms. The quantitative estimate of drug-likeness (QED) is 0.317. The number of carbonyl (C=O) groups is 2. The van der Waals surface area contributed by atoms with E-state index in [2.05, 4.69) is 20.1 Å². The van der Waals surface area contributed by atoms with Crippen molar-refractivity contribution in [1.82, 2.24) is 24.6 Å². The van der Waals surface area contributed by atoms with Crippen LogP contribution in [0.4, 0.5) is 26.5 Å². The van der Waals surface area contributed by atoms with Gasteiger partial charge in [0.1, 0.15) is 23.0 Å². The molecule has 13 heteroatoms. The lowest BCUT2D eigenvalue weighted by molar-refractivity contribution is -0.122. The Hall–Kier alpha value is -4.81. The lowest BCUT2D eigenvalue weighted by Crippen LogP contribution is -2.31. The molecule has 0 fully saturated rings. The molecule has 0 aliphatic carbocycles. The molecule has 176 valence electrons. The molecule has 0 radical (unpaired) electrons. The number of halogens is 1. The summed E-state index contributed by atoms with van der Waals surface area (Å²) in [6.45, 7) is 1.51. The average molecular weight is 468 g/mol. The van der Waals surface area contributed by atoms with E-state index >= 15 is 0 Å². The number of amides is 1. The molecule has 4 rings (SSSR count). The van der Waals surface area contributed by atoms with Gasteiger partial charge in [-0.15, -0.1) is 0 Å². The third-order valence-electron chi connectivity index (χ3n) is 4.75. The normalized spacial score (nSPS) is 10.4. The molecule has 0 spiro atoms. The van der Waals surface area contributed by atoms with Crippen LogP contribution in [0.1, 0.15) is 18.3 Å². The van der Waals surface area contributed by atoms with Gasteiger partial charge in [-0.3, -0.25) is 9.69 Å². The first-order chi connectivity index (χ1) is 16.3. The van der Waals surface area contributed by atoms with Gasteiger partial charge >= 0.3 is 6.09 Å². The van der Waals surface area contributed by atoms with Gasteiger partial charge < -0.3 is 21.7 Å². The largest absolute Gasteiger partial charge is 0.483 e. The molecule has 0 unspecified atom stereocenters. The predicted octanol–water partition coefficient (Wildman–Crippen LogP) is 2.29. The zero-order valence-electron chi connectivity index (χ0n) is 18.0. The van der Waals surface area contributed by atoms with Crippen molar-refractivity contribution in [1.29, 1.82) is 0 Å². The molecule has 1 amide bonds. The van der Waals surface area contributed by atoms with Gasteiger partial charge in [0, 0.05) is 19.2 Å². The Kier molecular flexibility index (Phi) is 7.16. The smallest absolute Gasteiger partial charge is 0.412 e. The fourth-order valence-corrected chi connectivity index (χ4v) is 3.34. The van der Waals surface area contributed by atoms with Crippen LogP contribution in [0.3, 0.4) is 0 Å². The second kappa shape index (κ2) is 10.2. The number of nitrogens with zero attached hydrogens (tertiary/aromatic N) is 6. The maximum Gasteiger partial charge on any atom is 0.412 e. The Morgan fingerprint density at radius 2 is 1.79 bits per heavy atom. The summed E-state index contributed by atoms with van der Waals surface area (Å²) >= 11 is 0. The van der Waals surface area contributed by atoms with Crippen molar-refractivity contribution in [2.24, 2.45) is 0 Å². The molecule has 0 atom stereocenters. The number of nitrogens with two attached hydrogens (primary N) is 2. The maximum atomic E-state index is 14.2. The molecular formula is C21H21FN8O4. The number of carboxylic acid groups (broad SMARTS) is 2. The van der Waals surface area contributed by atoms with E-state index in [-0.39, 0.29) is 48.4 Å². The number of fused-ring (bicyclic) bond motifs is 1. The van der Waals surface area contributed by atoms with Crippen LogP contribution in [0.5, 0.6) is 0 Å². The second-order valence-corrected chi connectivity index (χ2v) is 6.76. The molecule has 0 saturated carbocycles. The number of rotatable bonds is 5. The number of hydrogen-bond donors (Lipinski definition) is 4. The molecule has 3 heterocycles. The summed E-state index contributed by atoms with van der Waals surface area (Å²) in [5.41, 5.74) is 13.5. The molecule has 0 aliphatic rings. The van der Waals surface area contributed by atoms with E-state index in [0.717, 1.165) is 4.90 Å². The standard InChI is InChI=1S/C20H19FN8O2.CH2O2/c1-2-28(20(30)31)16-17(22)26-19(27-18(16)23)15-13-8-5-9-24-29(13)14(25-15)10-11-6-3-4-7-12(11)21;2-1-3/h3-9H,2,10H2,1H3,(H,30,31)(H4,22,23,26,27);1H,(H,2,3). The maximum absolute atomic E-state index is 14.2. The fraction of sp³-hybridized carbons (Fsp3) is 0.143. The van der Waals surface area contributed by atoms with Crippen molar-refractivity contribution in [3.63, 3.8) is 0 Å². The van der Waals surface area contributed by atoms with Crippen LogP contribution in [0.25, 0.3) is 17.0 Å². The first-order valence-electron chi connectivity index (χ1n) is 9.90. The number of aromatic nitrogens is 5. The van der Waals surface area contributed by atoms with Gasteiger partial charge in [-0.05, 0) is 30.7 Å². The van der Waals surface area contributed by atoms with Gasteiger partial charge in [0.25, 0.3) is 6.47 Å². The van der Waals surface area contributed by atoms with Gasteiger partial charge in [-0.2, -0.15) is 5.10 Å². The SMILES string of the molecule is CCN(C(=O)O)c1c(N)nc(-c2nc(Cc3ccccc3F)n3ncccc23)nc1N.O=CO. The molecule has 12 nitrogen and oxygen atoms in total. The van der Waals surface area contributed by atoms with Crippen LogP contribution >= 0.6 is 0 Å². The number of anilines is 3. The zero-order valence-corrected chi connectivity index (χ0v) is 18.0. The van der Waals surface area contributed by atoms with E-state index in [9.17, 15) is 14.3 Å². The molecule has 3 aromatic heterocycles. The number of imidazole rings is 1. The number of benzene rings is 1. The monoisotopic (exact) mass is 468 g/mol. The third-order valence-corrected chi connectivity index (χ3v) is 4.75. The third kappa shape index (κ3) is 4.67.